The van der Waals surface area contributed by atoms with Crippen LogP contribution in [-0.2, 0) is 0 Å². The van der Waals surface area contributed by atoms with E-state index < -0.39 is 137 Å². The van der Waals surface area contributed by atoms with E-state index in [1.165, 1.54) is 24.3 Å². The number of benzene rings is 5. The largest absolute Gasteiger partial charge is 0.226 e. The molecular weight excluding hydrogens is 967 g/mol. The fourth-order valence-corrected chi connectivity index (χ4v) is 7.27. The van der Waals surface area contributed by atoms with Gasteiger partial charge in [-0.05, 0) is 36.4 Å². The molecule has 5 aromatic carbocycles. The van der Waals surface area contributed by atoms with Crippen molar-refractivity contribution in [1.29, 1.82) is 36.8 Å². The van der Waals surface area contributed by atoms with Crippen LogP contribution in [0.5, 0.6) is 0 Å². The van der Waals surface area contributed by atoms with Crippen molar-refractivity contribution in [3.8, 4) is 76.6 Å². The average molecular weight is 973 g/mol. The summed E-state index contributed by atoms with van der Waals surface area (Å²) < 4.78 is 145. The van der Waals surface area contributed by atoms with Gasteiger partial charge in [-0.25, -0.2) is 88.8 Å². The monoisotopic (exact) mass is 972 g/mol. The lowest BCUT2D eigenvalue weighted by Gasteiger charge is -2.10. The molecule has 26 heteroatoms. The van der Waals surface area contributed by atoms with E-state index in [1.54, 1.807) is 12.1 Å². The Morgan fingerprint density at radius 2 is 0.611 bits per heavy atom. The smallest absolute Gasteiger partial charge is 0.200 e. The number of rotatable bonds is 5. The predicted octanol–water partition coefficient (Wildman–Crippen LogP) is 4.68. The molecule has 1 aromatic heterocycles. The summed E-state index contributed by atoms with van der Waals surface area (Å²) >= 11 is 0. The number of nitriles is 7. The van der Waals surface area contributed by atoms with Crippen LogP contribution in [0.3, 0.4) is 0 Å². The van der Waals surface area contributed by atoms with E-state index in [4.69, 9.17) is 0 Å². The van der Waals surface area contributed by atoms with Gasteiger partial charge in [0.15, 0.2) is 87.0 Å². The highest BCUT2D eigenvalue weighted by Crippen LogP contribution is 2.34. The summed E-state index contributed by atoms with van der Waals surface area (Å²) in [5.74, 6) is -27.7. The first kappa shape index (κ1) is 46.0. The van der Waals surface area contributed by atoms with Crippen molar-refractivity contribution in [3.63, 3.8) is 0 Å². The van der Waals surface area contributed by atoms with Gasteiger partial charge in [0.2, 0.25) is 11.6 Å². The number of aromatic nitrogens is 3. The maximum Gasteiger partial charge on any atom is 0.200 e. The molecule has 340 valence electrons. The Kier molecular flexibility index (Phi) is 11.0. The van der Waals surface area contributed by atoms with Crippen LogP contribution in [0.4, 0.5) is 43.9 Å². The molecule has 0 aliphatic carbocycles. The van der Waals surface area contributed by atoms with Crippen molar-refractivity contribution in [1.82, 2.24) is 15.0 Å². The van der Waals surface area contributed by atoms with Gasteiger partial charge < -0.3 is 0 Å². The summed E-state index contributed by atoms with van der Waals surface area (Å²) in [4.78, 5) is 37.7. The van der Waals surface area contributed by atoms with E-state index >= 15 is 0 Å². The Morgan fingerprint density at radius 1 is 0.333 bits per heavy atom. The van der Waals surface area contributed by atoms with Crippen LogP contribution < -0.4 is 32.1 Å². The molecule has 0 radical (unpaired) electrons. The molecule has 0 saturated heterocycles. The summed E-state index contributed by atoms with van der Waals surface area (Å²) in [6.45, 7) is 0. The molecule has 0 unspecified atom stereocenters. The third-order valence-electron chi connectivity index (χ3n) is 10.5. The predicted molar refractivity (Wildman–Crippen MR) is 213 cm³/mol. The molecule has 0 amide bonds. The van der Waals surface area contributed by atoms with Gasteiger partial charge in [0.25, 0.3) is 0 Å². The molecule has 6 aromatic rings. The van der Waals surface area contributed by atoms with E-state index in [0.29, 0.717) is 0 Å². The Labute approximate surface area is 390 Å². The third kappa shape index (κ3) is 6.83. The van der Waals surface area contributed by atoms with Crippen LogP contribution in [0.2, 0.25) is 0 Å². The number of hydrogen-bond acceptors (Lipinski definition) is 16. The Bertz CT molecular complexity index is 4210. The highest BCUT2D eigenvalue weighted by molar-refractivity contribution is 5.82. The van der Waals surface area contributed by atoms with Crippen molar-refractivity contribution in [3.05, 3.63) is 178 Å². The lowest BCUT2D eigenvalue weighted by atomic mass is 10.0. The van der Waals surface area contributed by atoms with Crippen molar-refractivity contribution >= 4 is 11.1 Å². The summed E-state index contributed by atoms with van der Waals surface area (Å²) in [7, 11) is 0. The van der Waals surface area contributed by atoms with Gasteiger partial charge in [0.05, 0.1) is 43.9 Å². The second-order valence-corrected chi connectivity index (χ2v) is 14.3. The molecule has 0 spiro atoms. The van der Waals surface area contributed by atoms with Gasteiger partial charge in [-0.2, -0.15) is 36.8 Å². The summed E-state index contributed by atoms with van der Waals surface area (Å²) in [5, 5.41) is 68.7. The summed E-state index contributed by atoms with van der Waals surface area (Å²) in [6, 6.07) is 18.6. The van der Waals surface area contributed by atoms with E-state index in [9.17, 15) is 80.7 Å². The van der Waals surface area contributed by atoms with Gasteiger partial charge in [0, 0.05) is 16.7 Å². The zero-order valence-electron chi connectivity index (χ0n) is 34.4. The van der Waals surface area contributed by atoms with Gasteiger partial charge in [-0.15, -0.1) is 0 Å². The van der Waals surface area contributed by atoms with Crippen LogP contribution >= 0.6 is 0 Å². The first-order valence-corrected chi connectivity index (χ1v) is 19.2. The average Bonchev–Trinajstić information content (AvgIpc) is 4.15. The van der Waals surface area contributed by atoms with Crippen LogP contribution in [-0.4, -0.2) is 15.0 Å². The van der Waals surface area contributed by atoms with E-state index in [0.717, 1.165) is 24.3 Å². The molecule has 3 aliphatic heterocycles. The van der Waals surface area contributed by atoms with Crippen molar-refractivity contribution in [2.24, 2.45) is 30.0 Å². The summed E-state index contributed by atoms with van der Waals surface area (Å²) in [6.07, 6.45) is 0. The molecule has 72 heavy (non-hydrogen) atoms. The van der Waals surface area contributed by atoms with Crippen molar-refractivity contribution < 1.29 is 43.9 Å². The standard InChI is InChI=1S/C46H6F10N16/c47-28-26(29(48)33(52)36(55)32(28)51)21(12-62)45-65-24-5-2-16(19(10-60)39(24)68-45)43-70-42(15-1-4-23-38(18(15)9-59)67-41(64-23)14(7-57)8-58)71-44(72-43)17-3-6-25-40(20(17)11-61)69-46(66-25)22(13-63)27-30(49)34(53)37(56)35(54)31(27)50/h1-6H/b45-21+,46-22+. The van der Waals surface area contributed by atoms with Gasteiger partial charge in [-0.3, -0.25) is 0 Å². The van der Waals surface area contributed by atoms with Crippen LogP contribution in [0, 0.1) is 137 Å². The molecule has 4 heterocycles. The Hall–Kier alpha value is -11.1. The molecule has 16 nitrogen and oxygen atoms in total. The maximum atomic E-state index is 14.9. The maximum absolute atomic E-state index is 14.9. The molecule has 0 N–H and O–H groups in total. The summed E-state index contributed by atoms with van der Waals surface area (Å²) in [5.41, 5.74) is -8.36. The second-order valence-electron chi connectivity index (χ2n) is 14.3. The quantitative estimate of drug-likeness (QED) is 0.0995. The van der Waals surface area contributed by atoms with Gasteiger partial charge >= 0.3 is 0 Å². The first-order chi connectivity index (χ1) is 34.5. The van der Waals surface area contributed by atoms with Crippen LogP contribution in [0.1, 0.15) is 27.8 Å². The minimum atomic E-state index is -2.52. The fourth-order valence-electron chi connectivity index (χ4n) is 7.27. The molecule has 9 rings (SSSR count). The molecule has 3 aliphatic rings. The number of allylic oxidation sites excluding steroid dienone is 3. The highest BCUT2D eigenvalue weighted by atomic mass is 19.2. The SMILES string of the molecule is N#CC(C#N)=C1N=c2ccc(-c3nc(-c4ccc5c(c4C#N)=N/C(=C(\C#N)c4c(F)c(F)c(F)c(F)c4F)N=5)nc(-c4ccc5c(c4C#N)=N/C(=C(\C#N)c4c(F)c(F)c(F)c(F)c4F)N=5)n3)c(C#N)c2=N1. The van der Waals surface area contributed by atoms with Gasteiger partial charge in [0.1, 0.15) is 69.7 Å². The fraction of sp³-hybridized carbons (Fsp3) is 0. The zero-order valence-corrected chi connectivity index (χ0v) is 34.4. The normalized spacial score (nSPS) is 13.7. The van der Waals surface area contributed by atoms with Crippen LogP contribution in [0.25, 0.3) is 45.3 Å². The lowest BCUT2D eigenvalue weighted by molar-refractivity contribution is 0.376. The van der Waals surface area contributed by atoms with Crippen molar-refractivity contribution in [2.45, 2.75) is 0 Å². The van der Waals surface area contributed by atoms with Crippen LogP contribution in [0.15, 0.2) is 89.4 Å². The molecule has 0 fully saturated rings. The van der Waals surface area contributed by atoms with Crippen molar-refractivity contribution in [2.75, 3.05) is 0 Å². The Balaban J connectivity index is 1.31. The van der Waals surface area contributed by atoms with E-state index in [2.05, 4.69) is 44.9 Å². The Morgan fingerprint density at radius 3 is 0.889 bits per heavy atom. The molecular formula is C46H6F10N16. The van der Waals surface area contributed by atoms with E-state index in [-0.39, 0.29) is 49.5 Å². The minimum absolute atomic E-state index is 0.0206. The first-order valence-electron chi connectivity index (χ1n) is 19.2. The number of nitrogens with zero attached hydrogens (tertiary/aromatic N) is 16. The van der Waals surface area contributed by atoms with Gasteiger partial charge in [-0.1, -0.05) is 0 Å². The highest BCUT2D eigenvalue weighted by Gasteiger charge is 2.33. The molecule has 0 bridgehead atoms. The zero-order chi connectivity index (χ0) is 51.6. The topological polar surface area (TPSA) is 279 Å². The number of hydrogen-bond donors (Lipinski definition) is 0. The lowest BCUT2D eigenvalue weighted by Crippen LogP contribution is -2.27. The number of fused-ring (bicyclic) bond motifs is 3. The number of halogens is 10. The molecule has 0 atom stereocenters. The third-order valence-corrected chi connectivity index (χ3v) is 10.5. The molecule has 0 saturated carbocycles. The second kappa shape index (κ2) is 17.2. The van der Waals surface area contributed by atoms with E-state index in [1.807, 2.05) is 18.2 Å². The minimum Gasteiger partial charge on any atom is -0.226 e.